The van der Waals surface area contributed by atoms with E-state index >= 15 is 0 Å². The van der Waals surface area contributed by atoms with Crippen molar-refractivity contribution in [1.29, 1.82) is 5.26 Å². The van der Waals surface area contributed by atoms with Crippen molar-refractivity contribution in [2.75, 3.05) is 19.8 Å². The first kappa shape index (κ1) is 33.7. The second kappa shape index (κ2) is 14.0. The Morgan fingerprint density at radius 1 is 1.00 bits per heavy atom. The summed E-state index contributed by atoms with van der Waals surface area (Å²) in [4.78, 5) is 42.5. The Kier molecular flexibility index (Phi) is 10.1. The van der Waals surface area contributed by atoms with Crippen molar-refractivity contribution < 1.29 is 36.6 Å². The molecule has 4 aromatic rings. The number of fused-ring (bicyclic) bond motifs is 1. The zero-order chi connectivity index (χ0) is 33.9. The van der Waals surface area contributed by atoms with E-state index in [4.69, 9.17) is 26.3 Å². The van der Waals surface area contributed by atoms with Crippen LogP contribution in [-0.2, 0) is 19.5 Å². The van der Waals surface area contributed by atoms with E-state index < -0.39 is 30.1 Å². The van der Waals surface area contributed by atoms with Crippen LogP contribution in [0.1, 0.15) is 38.5 Å². The van der Waals surface area contributed by atoms with Crippen LogP contribution in [0.5, 0.6) is 11.5 Å². The van der Waals surface area contributed by atoms with Crippen LogP contribution in [0, 0.1) is 17.1 Å². The minimum Gasteiger partial charge on any atom is -0.484 e. The number of carbonyl (C=O) groups excluding carboxylic acids is 2. The summed E-state index contributed by atoms with van der Waals surface area (Å²) in [6, 6.07) is 15.7. The first-order chi connectivity index (χ1) is 22.4. The third-order valence-electron chi connectivity index (χ3n) is 7.34. The zero-order valence-corrected chi connectivity index (χ0v) is 26.7. The van der Waals surface area contributed by atoms with Crippen molar-refractivity contribution in [2.24, 2.45) is 0 Å². The number of halogens is 6. The lowest BCUT2D eigenvalue weighted by Gasteiger charge is -2.28. The maximum Gasteiger partial charge on any atom is 0.422 e. The minimum absolute atomic E-state index is 0.0420. The lowest BCUT2D eigenvalue weighted by atomic mass is 10.0. The van der Waals surface area contributed by atoms with E-state index in [-0.39, 0.29) is 79.1 Å². The average Bonchev–Trinajstić information content (AvgIpc) is 3.34. The molecule has 9 nitrogen and oxygen atoms in total. The molecule has 0 radical (unpaired) electrons. The third kappa shape index (κ3) is 7.69. The van der Waals surface area contributed by atoms with Crippen molar-refractivity contribution in [1.82, 2.24) is 14.0 Å². The van der Waals surface area contributed by atoms with Gasteiger partial charge < -0.3 is 14.4 Å². The van der Waals surface area contributed by atoms with Gasteiger partial charge in [-0.1, -0.05) is 17.7 Å². The molecule has 244 valence electrons. The molecule has 0 N–H and O–H groups in total. The van der Waals surface area contributed by atoms with E-state index in [0.29, 0.717) is 15.1 Å². The van der Waals surface area contributed by atoms with Crippen LogP contribution in [-0.4, -0.2) is 51.7 Å². The summed E-state index contributed by atoms with van der Waals surface area (Å²) >= 11 is 9.49. The maximum atomic E-state index is 14.8. The summed E-state index contributed by atoms with van der Waals surface area (Å²) in [6.45, 7) is -1.68. The molecular formula is C32H24BrClF4N4O5. The highest BCUT2D eigenvalue weighted by Crippen LogP contribution is 2.28. The number of carbonyl (C=O) groups is 2. The molecule has 47 heavy (non-hydrogen) atoms. The fourth-order valence-corrected chi connectivity index (χ4v) is 5.56. The summed E-state index contributed by atoms with van der Waals surface area (Å²) in [5.74, 6) is -1.51. The quantitative estimate of drug-likeness (QED) is 0.136. The number of alkyl halides is 3. The van der Waals surface area contributed by atoms with E-state index in [2.05, 4.69) is 15.9 Å². The molecule has 1 aromatic heterocycles. The minimum atomic E-state index is -4.55. The van der Waals surface area contributed by atoms with Crippen LogP contribution >= 0.6 is 27.5 Å². The number of amides is 1. The lowest BCUT2D eigenvalue weighted by Crippen LogP contribution is -2.41. The van der Waals surface area contributed by atoms with Gasteiger partial charge in [-0.25, -0.2) is 9.18 Å². The summed E-state index contributed by atoms with van der Waals surface area (Å²) in [7, 11) is 0. The molecule has 3 aromatic carbocycles. The molecule has 0 fully saturated rings. The van der Waals surface area contributed by atoms with Crippen LogP contribution in [0.15, 0.2) is 69.9 Å². The molecule has 0 saturated carbocycles. The van der Waals surface area contributed by atoms with Gasteiger partial charge in [0.15, 0.2) is 19.0 Å². The van der Waals surface area contributed by atoms with Crippen molar-refractivity contribution in [3.63, 3.8) is 0 Å². The second-order valence-electron chi connectivity index (χ2n) is 10.4. The largest absolute Gasteiger partial charge is 0.484 e. The number of ether oxygens (including phenoxy) is 2. The van der Waals surface area contributed by atoms with Crippen molar-refractivity contribution in [2.45, 2.75) is 32.1 Å². The Hall–Kier alpha value is -4.61. The number of nitriles is 1. The highest BCUT2D eigenvalue weighted by molar-refractivity contribution is 9.10. The van der Waals surface area contributed by atoms with Gasteiger partial charge in [-0.3, -0.25) is 18.7 Å². The van der Waals surface area contributed by atoms with Crippen LogP contribution < -0.4 is 15.2 Å². The summed E-state index contributed by atoms with van der Waals surface area (Å²) < 4.78 is 65.8. The van der Waals surface area contributed by atoms with Crippen LogP contribution in [0.2, 0.25) is 5.02 Å². The first-order valence-electron chi connectivity index (χ1n) is 14.1. The molecular weight excluding hydrogens is 712 g/mol. The first-order valence-corrected chi connectivity index (χ1v) is 15.2. The normalized spacial score (nSPS) is 12.7. The average molecular weight is 736 g/mol. The Balaban J connectivity index is 1.48. The number of imidazole rings is 1. The molecule has 5 rings (SSSR count). The summed E-state index contributed by atoms with van der Waals surface area (Å²) in [5, 5.41) is 9.01. The van der Waals surface area contributed by atoms with Crippen LogP contribution in [0.25, 0.3) is 5.69 Å². The molecule has 2 heterocycles. The smallest absolute Gasteiger partial charge is 0.422 e. The number of aromatic nitrogens is 2. The van der Waals surface area contributed by atoms with E-state index in [1.165, 1.54) is 51.9 Å². The number of hydrogen-bond acceptors (Lipinski definition) is 6. The number of ketones is 1. The maximum absolute atomic E-state index is 14.8. The van der Waals surface area contributed by atoms with Gasteiger partial charge in [-0.15, -0.1) is 0 Å². The molecule has 0 spiro atoms. The second-order valence-corrected chi connectivity index (χ2v) is 11.7. The molecule has 1 amide bonds. The topological polar surface area (TPSA) is 107 Å². The Bertz CT molecular complexity index is 1940. The van der Waals surface area contributed by atoms with Gasteiger partial charge in [-0.05, 0) is 76.4 Å². The predicted octanol–water partition coefficient (Wildman–Crippen LogP) is 6.51. The van der Waals surface area contributed by atoms with Gasteiger partial charge in [0.1, 0.15) is 29.1 Å². The predicted molar refractivity (Wildman–Crippen MR) is 166 cm³/mol. The molecule has 1 aliphatic heterocycles. The monoisotopic (exact) mass is 734 g/mol. The standard InChI is InChI=1S/C32H24BrClF4N4O5/c33-24-9-2-20(15-25(24)34)30(44)40-12-13-41-27(17-40)29(28(43)10-3-19-1-6-23(16-26(19)35)46-14-11-39)42(31(41)45)21-4-7-22(8-5-21)47-18-32(36,37)38/h1-2,4-9,15-16H,3,10,12-14,17-18H2. The van der Waals surface area contributed by atoms with Crippen molar-refractivity contribution in [3.05, 3.63) is 109 Å². The number of nitrogens with zero attached hydrogens (tertiary/aromatic N) is 4. The number of aryl methyl sites for hydroxylation is 1. The summed E-state index contributed by atoms with van der Waals surface area (Å²) in [5.41, 5.74) is 0.298. The molecule has 0 aliphatic carbocycles. The Morgan fingerprint density at radius 3 is 2.38 bits per heavy atom. The molecule has 15 heteroatoms. The lowest BCUT2D eigenvalue weighted by molar-refractivity contribution is -0.153. The van der Waals surface area contributed by atoms with Gasteiger partial charge in [0.2, 0.25) is 0 Å². The SMILES string of the molecule is N#CCOc1ccc(CCC(=O)c2c3n(c(=O)n2-c2ccc(OCC(F)(F)F)cc2)CCN(C(=O)c2ccc(Br)c(Cl)c2)C3)c(F)c1. The fourth-order valence-electron chi connectivity index (χ4n) is 5.13. The van der Waals surface area contributed by atoms with Crippen molar-refractivity contribution >= 4 is 39.2 Å². The number of rotatable bonds is 10. The molecule has 1 aliphatic rings. The summed E-state index contributed by atoms with van der Waals surface area (Å²) in [6.07, 6.45) is -4.83. The van der Waals surface area contributed by atoms with Gasteiger partial charge >= 0.3 is 11.9 Å². The van der Waals surface area contributed by atoms with E-state index in [1.807, 2.05) is 0 Å². The zero-order valence-electron chi connectivity index (χ0n) is 24.3. The van der Waals surface area contributed by atoms with E-state index in [9.17, 15) is 31.9 Å². The molecule has 0 unspecified atom stereocenters. The highest BCUT2D eigenvalue weighted by Gasteiger charge is 2.32. The fraction of sp³-hybridized carbons (Fsp3) is 0.250. The number of hydrogen-bond donors (Lipinski definition) is 0. The number of benzene rings is 3. The molecule has 0 saturated heterocycles. The van der Waals surface area contributed by atoms with E-state index in [0.717, 1.165) is 10.6 Å². The van der Waals surface area contributed by atoms with Gasteiger partial charge in [0.05, 0.1) is 22.9 Å². The van der Waals surface area contributed by atoms with Gasteiger partial charge in [0, 0.05) is 35.6 Å². The molecule has 0 bridgehead atoms. The number of Topliss-reactive ketones (excluding diaryl/α,β-unsaturated/α-hetero) is 1. The van der Waals surface area contributed by atoms with Crippen molar-refractivity contribution in [3.8, 4) is 23.3 Å². The van der Waals surface area contributed by atoms with E-state index in [1.54, 1.807) is 18.2 Å². The van der Waals surface area contributed by atoms with Gasteiger partial charge in [0.25, 0.3) is 5.91 Å². The van der Waals surface area contributed by atoms with Gasteiger partial charge in [-0.2, -0.15) is 18.4 Å². The van der Waals surface area contributed by atoms with Crippen LogP contribution in [0.3, 0.4) is 0 Å². The Labute approximate surface area is 278 Å². The Morgan fingerprint density at radius 2 is 1.72 bits per heavy atom. The third-order valence-corrected chi connectivity index (χ3v) is 8.58. The molecule has 0 atom stereocenters. The highest BCUT2D eigenvalue weighted by atomic mass is 79.9. The van der Waals surface area contributed by atoms with Crippen LogP contribution in [0.4, 0.5) is 17.6 Å².